The third kappa shape index (κ3) is 5.01. The van der Waals surface area contributed by atoms with Crippen molar-refractivity contribution in [1.29, 1.82) is 5.41 Å². The number of hydrogen-bond donors (Lipinski definition) is 6. The number of rotatable bonds is 8. The van der Waals surface area contributed by atoms with Crippen molar-refractivity contribution in [2.45, 2.75) is 19.6 Å². The highest BCUT2D eigenvalue weighted by Crippen LogP contribution is 2.22. The van der Waals surface area contributed by atoms with Crippen molar-refractivity contribution < 1.29 is 15.0 Å². The lowest BCUT2D eigenvalue weighted by Crippen LogP contribution is -2.31. The summed E-state index contributed by atoms with van der Waals surface area (Å²) in [7, 11) is 0. The second kappa shape index (κ2) is 9.50. The van der Waals surface area contributed by atoms with Crippen LogP contribution in [0.5, 0.6) is 0 Å². The average molecular weight is 357 g/mol. The third-order valence-corrected chi connectivity index (χ3v) is 3.73. The number of hydrogen-bond acceptors (Lipinski definition) is 6. The quantitative estimate of drug-likeness (QED) is 0.402. The zero-order valence-electron chi connectivity index (χ0n) is 14.5. The Morgan fingerprint density at radius 3 is 2.65 bits per heavy atom. The first-order valence-electron chi connectivity index (χ1n) is 8.21. The number of carbonyl (C=O) groups is 1. The fourth-order valence-electron chi connectivity index (χ4n) is 2.47. The van der Waals surface area contributed by atoms with Gasteiger partial charge in [-0.25, -0.2) is 9.78 Å². The monoisotopic (exact) mass is 357 g/mol. The van der Waals surface area contributed by atoms with Gasteiger partial charge >= 0.3 is 6.03 Å². The van der Waals surface area contributed by atoms with Crippen molar-refractivity contribution in [3.8, 4) is 0 Å². The van der Waals surface area contributed by atoms with E-state index < -0.39 is 6.03 Å². The van der Waals surface area contributed by atoms with Crippen LogP contribution >= 0.6 is 0 Å². The van der Waals surface area contributed by atoms with Gasteiger partial charge in [-0.05, 0) is 18.6 Å². The number of nitrogens with one attached hydrogen (secondary N) is 4. The third-order valence-electron chi connectivity index (χ3n) is 3.73. The minimum Gasteiger partial charge on any atom is -0.395 e. The molecule has 0 saturated carbocycles. The number of aliphatic hydroxyl groups excluding tert-OH is 2. The number of carbonyl (C=O) groups excluding carboxylic acids is 1. The van der Waals surface area contributed by atoms with Gasteiger partial charge in [-0.3, -0.25) is 5.32 Å². The van der Waals surface area contributed by atoms with E-state index in [0.29, 0.717) is 11.3 Å². The number of urea groups is 1. The Bertz CT molecular complexity index is 752. The molecule has 138 valence electrons. The second-order valence-electron chi connectivity index (χ2n) is 5.60. The molecule has 0 aliphatic heterocycles. The molecule has 6 N–H and O–H groups in total. The van der Waals surface area contributed by atoms with E-state index in [2.05, 4.69) is 20.9 Å². The molecule has 0 spiro atoms. The first-order chi connectivity index (χ1) is 12.6. The molecule has 1 aromatic heterocycles. The molecule has 8 heteroatoms. The van der Waals surface area contributed by atoms with Gasteiger partial charge in [-0.1, -0.05) is 30.3 Å². The molecule has 2 rings (SSSR count). The maximum Gasteiger partial charge on any atom is 0.320 e. The van der Waals surface area contributed by atoms with Crippen LogP contribution in [-0.2, 0) is 6.61 Å². The van der Waals surface area contributed by atoms with Gasteiger partial charge in [0.25, 0.3) is 0 Å². The molecule has 0 bridgehead atoms. The molecule has 0 saturated heterocycles. The molecule has 2 amide bonds. The van der Waals surface area contributed by atoms with Crippen LogP contribution < -0.4 is 16.0 Å². The van der Waals surface area contributed by atoms with Gasteiger partial charge in [0, 0.05) is 18.3 Å². The van der Waals surface area contributed by atoms with Gasteiger partial charge in [0.2, 0.25) is 0 Å². The maximum atomic E-state index is 12.2. The molecule has 1 heterocycles. The SMILES string of the molecule is CC(NC(=O)Nc1cc(C=N)c(NCCO)c(CO)n1)c1ccccc1. The fourth-order valence-corrected chi connectivity index (χ4v) is 2.47. The number of pyridine rings is 1. The van der Waals surface area contributed by atoms with E-state index in [-0.39, 0.29) is 37.3 Å². The van der Waals surface area contributed by atoms with Crippen molar-refractivity contribution in [1.82, 2.24) is 10.3 Å². The molecular formula is C18H23N5O3. The molecule has 0 radical (unpaired) electrons. The summed E-state index contributed by atoms with van der Waals surface area (Å²) in [6.45, 7) is 1.66. The standard InChI is InChI=1S/C18H23N5O3/c1-12(13-5-3-2-4-6-13)21-18(26)23-16-9-14(10-19)17(20-7-8-24)15(11-25)22-16/h2-6,9-10,12,19-20,24-25H,7-8,11H2,1H3,(H2,21,22,23,26). The van der Waals surface area contributed by atoms with Crippen LogP contribution in [0.1, 0.15) is 29.8 Å². The Kier molecular flexibility index (Phi) is 7.07. The van der Waals surface area contributed by atoms with Crippen LogP contribution in [0.4, 0.5) is 16.3 Å². The van der Waals surface area contributed by atoms with Crippen LogP contribution in [0.25, 0.3) is 0 Å². The number of nitrogens with zero attached hydrogens (tertiary/aromatic N) is 1. The van der Waals surface area contributed by atoms with Crippen molar-refractivity contribution in [2.24, 2.45) is 0 Å². The summed E-state index contributed by atoms with van der Waals surface area (Å²) in [5.74, 6) is 0.222. The molecule has 1 atom stereocenters. The molecule has 2 aromatic rings. The Hall–Kier alpha value is -2.97. The molecule has 1 unspecified atom stereocenters. The molecule has 26 heavy (non-hydrogen) atoms. The van der Waals surface area contributed by atoms with Crippen LogP contribution in [0, 0.1) is 5.41 Å². The van der Waals surface area contributed by atoms with Crippen LogP contribution in [0.2, 0.25) is 0 Å². The van der Waals surface area contributed by atoms with Gasteiger partial charge in [0.15, 0.2) is 0 Å². The number of anilines is 2. The minimum absolute atomic E-state index is 0.0951. The molecule has 1 aromatic carbocycles. The molecular weight excluding hydrogens is 334 g/mol. The summed E-state index contributed by atoms with van der Waals surface area (Å²) >= 11 is 0. The lowest BCUT2D eigenvalue weighted by Gasteiger charge is -2.17. The van der Waals surface area contributed by atoms with Crippen LogP contribution in [0.3, 0.4) is 0 Å². The Morgan fingerprint density at radius 2 is 2.04 bits per heavy atom. The Morgan fingerprint density at radius 1 is 1.31 bits per heavy atom. The summed E-state index contributed by atoms with van der Waals surface area (Å²) < 4.78 is 0. The first kappa shape index (κ1) is 19.4. The predicted molar refractivity (Wildman–Crippen MR) is 101 cm³/mol. The van der Waals surface area contributed by atoms with E-state index in [1.807, 2.05) is 37.3 Å². The van der Waals surface area contributed by atoms with Crippen LogP contribution in [0.15, 0.2) is 36.4 Å². The van der Waals surface area contributed by atoms with Crippen LogP contribution in [-0.4, -0.2) is 40.6 Å². The molecule has 0 fully saturated rings. The smallest absolute Gasteiger partial charge is 0.320 e. The largest absolute Gasteiger partial charge is 0.395 e. The summed E-state index contributed by atoms with van der Waals surface area (Å²) in [5, 5.41) is 34.3. The lowest BCUT2D eigenvalue weighted by molar-refractivity contribution is 0.249. The van der Waals surface area contributed by atoms with Gasteiger partial charge < -0.3 is 26.3 Å². The fraction of sp³-hybridized carbons (Fsp3) is 0.278. The number of aromatic nitrogens is 1. The highest BCUT2D eigenvalue weighted by atomic mass is 16.3. The van der Waals surface area contributed by atoms with Crippen molar-refractivity contribution >= 4 is 23.8 Å². The lowest BCUT2D eigenvalue weighted by atomic mass is 10.1. The van der Waals surface area contributed by atoms with E-state index in [0.717, 1.165) is 11.8 Å². The predicted octanol–water partition coefficient (Wildman–Crippen LogP) is 1.86. The zero-order valence-corrected chi connectivity index (χ0v) is 14.5. The maximum absolute atomic E-state index is 12.2. The first-order valence-corrected chi connectivity index (χ1v) is 8.21. The summed E-state index contributed by atoms with van der Waals surface area (Å²) in [6.07, 6.45) is 1.09. The molecule has 0 aliphatic carbocycles. The Balaban J connectivity index is 2.13. The van der Waals surface area contributed by atoms with Gasteiger partial charge in [-0.15, -0.1) is 0 Å². The highest BCUT2D eigenvalue weighted by Gasteiger charge is 2.14. The summed E-state index contributed by atoms with van der Waals surface area (Å²) in [6, 6.07) is 10.4. The molecule has 0 aliphatic rings. The number of amides is 2. The van der Waals surface area contributed by atoms with Crippen molar-refractivity contribution in [2.75, 3.05) is 23.8 Å². The zero-order chi connectivity index (χ0) is 18.9. The van der Waals surface area contributed by atoms with Crippen molar-refractivity contribution in [3.63, 3.8) is 0 Å². The van der Waals surface area contributed by atoms with Gasteiger partial charge in [0.05, 0.1) is 30.6 Å². The van der Waals surface area contributed by atoms with E-state index in [1.54, 1.807) is 0 Å². The van der Waals surface area contributed by atoms with E-state index >= 15 is 0 Å². The van der Waals surface area contributed by atoms with E-state index in [4.69, 9.17) is 10.5 Å². The van der Waals surface area contributed by atoms with Gasteiger partial charge in [-0.2, -0.15) is 0 Å². The highest BCUT2D eigenvalue weighted by molar-refractivity contribution is 5.92. The minimum atomic E-state index is -0.440. The number of aliphatic hydroxyl groups is 2. The topological polar surface area (TPSA) is 130 Å². The average Bonchev–Trinajstić information content (AvgIpc) is 2.66. The summed E-state index contributed by atoms with van der Waals surface area (Å²) in [5.41, 5.74) is 2.16. The second-order valence-corrected chi connectivity index (χ2v) is 5.60. The number of benzene rings is 1. The van der Waals surface area contributed by atoms with Crippen molar-refractivity contribution in [3.05, 3.63) is 53.2 Å². The summed E-state index contributed by atoms with van der Waals surface area (Å²) in [4.78, 5) is 16.4. The normalized spacial score (nSPS) is 11.5. The van der Waals surface area contributed by atoms with Gasteiger partial charge in [0.1, 0.15) is 5.82 Å². The van der Waals surface area contributed by atoms with E-state index in [9.17, 15) is 9.90 Å². The molecule has 8 nitrogen and oxygen atoms in total. The Labute approximate surface area is 151 Å². The van der Waals surface area contributed by atoms with E-state index in [1.165, 1.54) is 6.07 Å².